The number of alkyl halides is 6. The molecule has 1 aromatic heterocycles. The van der Waals surface area contributed by atoms with E-state index in [4.69, 9.17) is 46.9 Å². The normalized spacial score (nSPS) is 13.7. The topological polar surface area (TPSA) is 283 Å². The molecule has 0 saturated heterocycles. The molecule has 0 saturated carbocycles. The van der Waals surface area contributed by atoms with Crippen LogP contribution in [0.2, 0.25) is 0 Å². The lowest BCUT2D eigenvalue weighted by Crippen LogP contribution is -2.41. The number of carbonyl (C=O) groups is 7. The van der Waals surface area contributed by atoms with Crippen LogP contribution in [0.1, 0.15) is 250 Å². The van der Waals surface area contributed by atoms with Gasteiger partial charge in [0.2, 0.25) is 11.6 Å². The van der Waals surface area contributed by atoms with Crippen molar-refractivity contribution in [2.75, 3.05) is 40.5 Å². The Balaban J connectivity index is 0.886. The highest BCUT2D eigenvalue weighted by atomic mass is 31.2. The number of rotatable bonds is 51. The first kappa shape index (κ1) is 90.5. The molecule has 2 aliphatic rings. The molecule has 5 aromatic carbocycles. The number of unbranched alkanes of at least 4 members (excludes halogenated alkanes) is 24. The van der Waals surface area contributed by atoms with E-state index in [0.717, 1.165) is 51.4 Å². The number of aromatic nitrogens is 3. The van der Waals surface area contributed by atoms with Gasteiger partial charge in [-0.2, -0.15) is 26.3 Å². The number of quaternary nitrogens is 1. The Morgan fingerprint density at radius 1 is 0.526 bits per heavy atom. The number of esters is 3. The number of ketones is 2. The van der Waals surface area contributed by atoms with Crippen LogP contribution >= 0.6 is 7.82 Å². The fourth-order valence-corrected chi connectivity index (χ4v) is 14.2. The van der Waals surface area contributed by atoms with Gasteiger partial charge >= 0.3 is 42.6 Å². The number of phosphoric ester groups is 1. The lowest BCUT2D eigenvalue weighted by molar-refractivity contribution is -0.904. The number of phosphoric acid groups is 1. The summed E-state index contributed by atoms with van der Waals surface area (Å²) in [7, 11) is -1.40. The van der Waals surface area contributed by atoms with Gasteiger partial charge < -0.3 is 56.3 Å². The maximum atomic E-state index is 14.4. The van der Waals surface area contributed by atoms with Crippen molar-refractivity contribution in [2.45, 2.75) is 250 Å². The number of fused-ring (bicyclic) bond motifs is 6. The van der Waals surface area contributed by atoms with Crippen molar-refractivity contribution in [3.05, 3.63) is 148 Å². The highest BCUT2D eigenvalue weighted by Gasteiger charge is 2.54. The summed E-state index contributed by atoms with van der Waals surface area (Å²) in [4.78, 5) is 103. The first-order valence-corrected chi connectivity index (χ1v) is 41.2. The van der Waals surface area contributed by atoms with E-state index < -0.39 is 99.7 Å². The lowest BCUT2D eigenvalue weighted by atomic mass is 9.77. The molecule has 23 nitrogen and oxygen atoms in total. The molecule has 114 heavy (non-hydrogen) atoms. The largest absolute Gasteiger partial charge is 0.756 e. The van der Waals surface area contributed by atoms with E-state index in [9.17, 15) is 69.4 Å². The summed E-state index contributed by atoms with van der Waals surface area (Å²) in [5.41, 5.74) is 0.565. The predicted octanol–water partition coefficient (Wildman–Crippen LogP) is 19.6. The fraction of sp³-hybridized carbons (Fsp3) is 0.536. The average Bonchev–Trinajstić information content (AvgIpc) is 1.51. The smallest absolute Gasteiger partial charge is 0.519 e. The molecule has 8 rings (SSSR count). The Morgan fingerprint density at radius 2 is 0.947 bits per heavy atom. The summed E-state index contributed by atoms with van der Waals surface area (Å²) < 4.78 is 148. The quantitative estimate of drug-likeness (QED) is 0.00652. The zero-order chi connectivity index (χ0) is 82.2. The zero-order valence-corrected chi connectivity index (χ0v) is 66.3. The molecule has 30 heteroatoms. The van der Waals surface area contributed by atoms with Gasteiger partial charge in [-0.25, -0.2) is 19.1 Å². The van der Waals surface area contributed by atoms with Crippen LogP contribution in [0.5, 0.6) is 34.5 Å². The molecule has 0 bridgehead atoms. The number of hydrogen-bond donors (Lipinski definition) is 0. The summed E-state index contributed by atoms with van der Waals surface area (Å²) in [5.74, 6) is -6.09. The molecule has 0 amide bonds. The molecule has 622 valence electrons. The number of carbonyl (C=O) groups excluding carboxylic acids is 7. The van der Waals surface area contributed by atoms with Gasteiger partial charge in [0.1, 0.15) is 66.5 Å². The molecule has 2 unspecified atom stereocenters. The van der Waals surface area contributed by atoms with Gasteiger partial charge in [0.15, 0.2) is 11.7 Å². The summed E-state index contributed by atoms with van der Waals surface area (Å²) in [6.07, 6.45) is 15.9. The number of hydrogen-bond acceptors (Lipinski definition) is 21. The maximum Gasteiger partial charge on any atom is 0.519 e. The van der Waals surface area contributed by atoms with Crippen molar-refractivity contribution in [3.63, 3.8) is 0 Å². The summed E-state index contributed by atoms with van der Waals surface area (Å²) >= 11 is 0. The fourth-order valence-electron chi connectivity index (χ4n) is 13.4. The zero-order valence-electron chi connectivity index (χ0n) is 65.4. The number of Topliss-reactive ketones (excluding diaryl/α,β-unsaturated/α-hetero) is 2. The third-order valence-electron chi connectivity index (χ3n) is 19.8. The number of benzene rings is 5. The van der Waals surface area contributed by atoms with Crippen LogP contribution in [0, 0.1) is 0 Å². The van der Waals surface area contributed by atoms with Crippen molar-refractivity contribution < 1.29 is 121 Å². The predicted molar refractivity (Wildman–Crippen MR) is 406 cm³/mol. The third-order valence-corrected chi connectivity index (χ3v) is 20.7. The molecule has 0 fully saturated rings. The van der Waals surface area contributed by atoms with Gasteiger partial charge in [0.25, 0.3) is 7.82 Å². The summed E-state index contributed by atoms with van der Waals surface area (Å²) in [6, 6.07) is 23.8. The Hall–Kier alpha value is -9.02. The summed E-state index contributed by atoms with van der Waals surface area (Å²) in [5, 5.41) is 8.71. The van der Waals surface area contributed by atoms with Crippen LogP contribution in [0.4, 0.5) is 35.9 Å². The van der Waals surface area contributed by atoms with E-state index in [-0.39, 0.29) is 101 Å². The summed E-state index contributed by atoms with van der Waals surface area (Å²) in [6.45, 7) is 3.39. The van der Waals surface area contributed by atoms with Crippen molar-refractivity contribution in [1.82, 2.24) is 15.0 Å². The standard InChI is InChI=1S/C84H105F6N4O19P/c1-5-7-9-11-13-15-17-19-21-23-25-27-29-31-77(97)104-58-68(107-78(98)32-30-28-26-24-22-20-18-16-14-12-10-8-6-2)59-106-114(102,103)105-52-51-94(3,4)57-62-56-93(92-91-62)63-39-46-70-69(53-63)79(99)113-82(70)71-47-44-66(110-80(100)108-64-40-33-60(34-41-64)37-49-75(95)83(85,86)87)54-73(71)112-74-55-67(45-48-72(74)82)111-81(101)109-65-42-35-61(36-43-65)38-50-76(96)84(88,89)90/h33-36,39-48,53-56,68H,5-32,37-38,49-52,57-59H2,1-4H3. The SMILES string of the molecule is CCCCCCCCCCCCCCCC(=O)OCC(COP(=O)([O-])OCC[N+](C)(C)Cc1cn(-c2ccc3c(c2)C(=O)OC32c3ccc(OC(=O)Oc4ccc(CCC(=O)C(F)(F)F)cc4)cc3Oc3cc(OC(=O)Oc4ccc(CCC(=O)C(F)(F)F)cc4)ccc32)nn1)OC(=O)CCCCCCCCCCCCCCC. The number of halogens is 6. The van der Waals surface area contributed by atoms with E-state index in [1.54, 1.807) is 18.3 Å². The molecule has 2 atom stereocenters. The van der Waals surface area contributed by atoms with Gasteiger partial charge in [-0.15, -0.1) is 5.10 Å². The van der Waals surface area contributed by atoms with Gasteiger partial charge in [-0.1, -0.05) is 203 Å². The number of nitrogens with zero attached hydrogens (tertiary/aromatic N) is 4. The highest BCUT2D eigenvalue weighted by Crippen LogP contribution is 2.57. The highest BCUT2D eigenvalue weighted by molar-refractivity contribution is 7.45. The molecule has 0 aliphatic carbocycles. The van der Waals surface area contributed by atoms with Crippen molar-refractivity contribution in [2.24, 2.45) is 0 Å². The average molecular weight is 1620 g/mol. The van der Waals surface area contributed by atoms with Gasteiger partial charge in [-0.05, 0) is 97.5 Å². The molecule has 0 radical (unpaired) electrons. The minimum absolute atomic E-state index is 0.0314. The van der Waals surface area contributed by atoms with Crippen molar-refractivity contribution in [1.29, 1.82) is 0 Å². The Bertz CT molecular complexity index is 4030. The van der Waals surface area contributed by atoms with E-state index >= 15 is 0 Å². The van der Waals surface area contributed by atoms with Gasteiger partial charge in [-0.3, -0.25) is 23.7 Å². The van der Waals surface area contributed by atoms with E-state index in [1.165, 1.54) is 198 Å². The van der Waals surface area contributed by atoms with Crippen LogP contribution in [0.15, 0.2) is 109 Å². The van der Waals surface area contributed by atoms with Crippen LogP contribution in [-0.4, -0.2) is 120 Å². The number of ether oxygens (including phenoxy) is 8. The first-order valence-electron chi connectivity index (χ1n) is 39.7. The molecular formula is C84H105F6N4O19P. The second kappa shape index (κ2) is 44.7. The van der Waals surface area contributed by atoms with E-state index in [0.29, 0.717) is 40.9 Å². The van der Waals surface area contributed by atoms with E-state index in [1.807, 2.05) is 14.1 Å². The van der Waals surface area contributed by atoms with E-state index in [2.05, 4.69) is 24.2 Å². The first-order chi connectivity index (χ1) is 54.5. The second-order valence-corrected chi connectivity index (χ2v) is 31.0. The number of aryl methyl sites for hydroxylation is 2. The minimum Gasteiger partial charge on any atom is -0.756 e. The van der Waals surface area contributed by atoms with Crippen LogP contribution < -0.4 is 28.6 Å². The minimum atomic E-state index is -5.02. The Kier molecular flexibility index (Phi) is 35.5. The molecule has 1 spiro atoms. The monoisotopic (exact) mass is 1620 g/mol. The van der Waals surface area contributed by atoms with Gasteiger partial charge in [0, 0.05) is 54.5 Å². The molecule has 3 heterocycles. The second-order valence-electron chi connectivity index (χ2n) is 29.6. The molecule has 2 aliphatic heterocycles. The Morgan fingerprint density at radius 3 is 1.40 bits per heavy atom. The Labute approximate surface area is 661 Å². The maximum absolute atomic E-state index is 14.4. The molecule has 6 aromatic rings. The third kappa shape index (κ3) is 29.7. The molecule has 0 N–H and O–H groups in total. The number of likely N-dealkylation sites (N-methyl/N-ethyl adjacent to an activating group) is 1. The van der Waals surface area contributed by atoms with Gasteiger partial charge in [0.05, 0.1) is 38.1 Å². The van der Waals surface area contributed by atoms with Crippen LogP contribution in [0.3, 0.4) is 0 Å². The molecular weight excluding hydrogens is 1510 g/mol. The van der Waals surface area contributed by atoms with Crippen molar-refractivity contribution in [3.8, 4) is 40.2 Å². The van der Waals surface area contributed by atoms with Crippen LogP contribution in [-0.2, 0) is 72.0 Å². The van der Waals surface area contributed by atoms with Crippen LogP contribution in [0.25, 0.3) is 5.69 Å². The van der Waals surface area contributed by atoms with Crippen molar-refractivity contribution >= 4 is 49.6 Å². The lowest BCUT2D eigenvalue weighted by Gasteiger charge is -2.36.